The van der Waals surface area contributed by atoms with Crippen molar-refractivity contribution >= 4 is 17.0 Å². The van der Waals surface area contributed by atoms with Crippen LogP contribution in [0.3, 0.4) is 0 Å². The summed E-state index contributed by atoms with van der Waals surface area (Å²) in [7, 11) is 0. The van der Waals surface area contributed by atoms with Gasteiger partial charge in [0.2, 0.25) is 5.23 Å². The molecule has 0 bridgehead atoms. The number of hydrogen-bond acceptors (Lipinski definition) is 3. The van der Waals surface area contributed by atoms with Crippen LogP contribution in [-0.2, 0) is 4.74 Å². The highest BCUT2D eigenvalue weighted by atomic mass is 32.2. The number of hydrogen-bond donors (Lipinski definition) is 1. The van der Waals surface area contributed by atoms with Crippen molar-refractivity contribution in [1.29, 1.82) is 5.41 Å². The average Bonchev–Trinajstić information content (AvgIpc) is 2.54. The van der Waals surface area contributed by atoms with Gasteiger partial charge in [-0.2, -0.15) is 0 Å². The lowest BCUT2D eigenvalue weighted by Crippen LogP contribution is -1.99. The van der Waals surface area contributed by atoms with Crippen molar-refractivity contribution in [3.05, 3.63) is 35.9 Å². The molecule has 0 radical (unpaired) electrons. The van der Waals surface area contributed by atoms with E-state index >= 15 is 0 Å². The Kier molecular flexibility index (Phi) is 2.04. The van der Waals surface area contributed by atoms with Crippen LogP contribution >= 0.6 is 11.8 Å². The van der Waals surface area contributed by atoms with Gasteiger partial charge in [0.05, 0.1) is 0 Å². The third-order valence-corrected chi connectivity index (χ3v) is 2.61. The summed E-state index contributed by atoms with van der Waals surface area (Å²) in [5.74, 6) is 0.864. The van der Waals surface area contributed by atoms with Crippen molar-refractivity contribution in [2.24, 2.45) is 0 Å². The predicted octanol–water partition coefficient (Wildman–Crippen LogP) is 2.43. The zero-order valence-electron chi connectivity index (χ0n) is 6.49. The van der Waals surface area contributed by atoms with Crippen molar-refractivity contribution in [1.82, 2.24) is 0 Å². The first kappa shape index (κ1) is 7.68. The van der Waals surface area contributed by atoms with Crippen LogP contribution in [0.25, 0.3) is 0 Å². The summed E-state index contributed by atoms with van der Waals surface area (Å²) in [5, 5.41) is 7.61. The molecule has 1 aromatic carbocycles. The highest BCUT2D eigenvalue weighted by Crippen LogP contribution is 2.30. The van der Waals surface area contributed by atoms with Crippen LogP contribution in [0.4, 0.5) is 0 Å². The smallest absolute Gasteiger partial charge is 0.243 e. The molecule has 0 spiro atoms. The summed E-state index contributed by atoms with van der Waals surface area (Å²) in [6, 6.07) is 10.0. The molecule has 1 heterocycles. The van der Waals surface area contributed by atoms with Crippen molar-refractivity contribution in [3.63, 3.8) is 0 Å². The molecular weight excluding hydrogens is 170 g/mol. The molecule has 3 heteroatoms. The minimum atomic E-state index is 0.0868. The largest absolute Gasteiger partial charge is 0.464 e. The fourth-order valence-corrected chi connectivity index (χ4v) is 1.93. The van der Waals surface area contributed by atoms with Crippen LogP contribution < -0.4 is 0 Å². The van der Waals surface area contributed by atoms with E-state index < -0.39 is 0 Å². The van der Waals surface area contributed by atoms with Crippen molar-refractivity contribution in [2.45, 2.75) is 6.10 Å². The Hall–Kier alpha value is -0.960. The van der Waals surface area contributed by atoms with Crippen LogP contribution in [-0.4, -0.2) is 11.0 Å². The standard InChI is InChI=1S/C9H9NOS/c10-9-11-8(6-12-9)7-4-2-1-3-5-7/h1-5,8,10H,6H2/t8-/m1/s1. The molecule has 0 amide bonds. The fraction of sp³-hybridized carbons (Fsp3) is 0.222. The van der Waals surface area contributed by atoms with E-state index in [4.69, 9.17) is 10.1 Å². The van der Waals surface area contributed by atoms with Crippen molar-refractivity contribution < 1.29 is 4.74 Å². The van der Waals surface area contributed by atoms with Crippen molar-refractivity contribution in [3.8, 4) is 0 Å². The van der Waals surface area contributed by atoms with Crippen LogP contribution in [0, 0.1) is 5.41 Å². The van der Waals surface area contributed by atoms with Crippen LogP contribution in [0.5, 0.6) is 0 Å². The van der Waals surface area contributed by atoms with E-state index in [0.717, 1.165) is 11.3 Å². The molecule has 0 saturated carbocycles. The van der Waals surface area contributed by atoms with Crippen molar-refractivity contribution in [2.75, 3.05) is 5.75 Å². The van der Waals surface area contributed by atoms with E-state index in [1.807, 2.05) is 30.3 Å². The molecule has 2 rings (SSSR count). The van der Waals surface area contributed by atoms with E-state index in [9.17, 15) is 0 Å². The molecule has 2 nitrogen and oxygen atoms in total. The van der Waals surface area contributed by atoms with Gasteiger partial charge in [-0.05, 0) is 5.56 Å². The highest BCUT2D eigenvalue weighted by Gasteiger charge is 2.22. The maximum absolute atomic E-state index is 7.27. The zero-order chi connectivity index (χ0) is 8.39. The zero-order valence-corrected chi connectivity index (χ0v) is 7.30. The second-order valence-electron chi connectivity index (χ2n) is 2.62. The summed E-state index contributed by atoms with van der Waals surface area (Å²) < 4.78 is 5.29. The molecular formula is C9H9NOS. The molecule has 12 heavy (non-hydrogen) atoms. The van der Waals surface area contributed by atoms with E-state index in [0.29, 0.717) is 5.23 Å². The number of ether oxygens (including phenoxy) is 1. The molecule has 1 aliphatic rings. The molecule has 1 saturated heterocycles. The van der Waals surface area contributed by atoms with Gasteiger partial charge in [-0.1, -0.05) is 42.1 Å². The summed E-state index contributed by atoms with van der Waals surface area (Å²) in [4.78, 5) is 0. The lowest BCUT2D eigenvalue weighted by Gasteiger charge is -2.07. The third kappa shape index (κ3) is 1.46. The quantitative estimate of drug-likeness (QED) is 0.718. The molecule has 1 aromatic rings. The first-order valence-corrected chi connectivity index (χ1v) is 4.78. The van der Waals surface area contributed by atoms with Gasteiger partial charge >= 0.3 is 0 Å². The average molecular weight is 179 g/mol. The summed E-state index contributed by atoms with van der Waals surface area (Å²) in [6.45, 7) is 0. The summed E-state index contributed by atoms with van der Waals surface area (Å²) in [6.07, 6.45) is 0.0868. The van der Waals surface area contributed by atoms with Gasteiger partial charge in [-0.25, -0.2) is 0 Å². The maximum Gasteiger partial charge on any atom is 0.243 e. The number of nitrogens with one attached hydrogen (secondary N) is 1. The SMILES string of the molecule is N=C1O[C@@H](c2ccccc2)CS1. The van der Waals surface area contributed by atoms with E-state index in [1.54, 1.807) is 0 Å². The Morgan fingerprint density at radius 2 is 2.08 bits per heavy atom. The monoisotopic (exact) mass is 179 g/mol. The van der Waals surface area contributed by atoms with Gasteiger partial charge in [0.25, 0.3) is 0 Å². The number of thioether (sulfide) groups is 1. The van der Waals surface area contributed by atoms with E-state index in [2.05, 4.69) is 0 Å². The Balaban J connectivity index is 2.16. The molecule has 1 fully saturated rings. The number of benzene rings is 1. The Labute approximate surface area is 75.4 Å². The van der Waals surface area contributed by atoms with Gasteiger partial charge in [-0.15, -0.1) is 0 Å². The van der Waals surface area contributed by atoms with Gasteiger partial charge in [-0.3, -0.25) is 5.41 Å². The minimum Gasteiger partial charge on any atom is -0.464 e. The Bertz CT molecular complexity index is 286. The molecule has 62 valence electrons. The lowest BCUT2D eigenvalue weighted by molar-refractivity contribution is 0.234. The van der Waals surface area contributed by atoms with Gasteiger partial charge in [0, 0.05) is 5.75 Å². The van der Waals surface area contributed by atoms with Gasteiger partial charge in [0.1, 0.15) is 6.10 Å². The Morgan fingerprint density at radius 1 is 1.33 bits per heavy atom. The van der Waals surface area contributed by atoms with Gasteiger partial charge in [0.15, 0.2) is 0 Å². The Morgan fingerprint density at radius 3 is 2.67 bits per heavy atom. The summed E-state index contributed by atoms with van der Waals surface area (Å²) >= 11 is 1.46. The second-order valence-corrected chi connectivity index (χ2v) is 3.61. The van der Waals surface area contributed by atoms with Gasteiger partial charge < -0.3 is 4.74 Å². The minimum absolute atomic E-state index is 0.0868. The topological polar surface area (TPSA) is 33.1 Å². The first-order valence-electron chi connectivity index (χ1n) is 3.79. The van der Waals surface area contributed by atoms with E-state index in [-0.39, 0.29) is 6.10 Å². The lowest BCUT2D eigenvalue weighted by atomic mass is 10.1. The predicted molar refractivity (Wildman–Crippen MR) is 50.5 cm³/mol. The molecule has 0 unspecified atom stereocenters. The highest BCUT2D eigenvalue weighted by molar-refractivity contribution is 8.13. The maximum atomic E-state index is 7.27. The molecule has 1 N–H and O–H groups in total. The van der Waals surface area contributed by atoms with Crippen LogP contribution in [0.2, 0.25) is 0 Å². The molecule has 1 atom stereocenters. The first-order chi connectivity index (χ1) is 5.86. The third-order valence-electron chi connectivity index (χ3n) is 1.79. The summed E-state index contributed by atoms with van der Waals surface area (Å²) in [5.41, 5.74) is 1.16. The van der Waals surface area contributed by atoms with Crippen LogP contribution in [0.1, 0.15) is 11.7 Å². The molecule has 1 aliphatic heterocycles. The second kappa shape index (κ2) is 3.19. The molecule has 0 aliphatic carbocycles. The number of rotatable bonds is 1. The van der Waals surface area contributed by atoms with E-state index in [1.165, 1.54) is 11.8 Å². The van der Waals surface area contributed by atoms with Crippen LogP contribution in [0.15, 0.2) is 30.3 Å². The normalized spacial score (nSPS) is 22.3. The molecule has 0 aromatic heterocycles. The fourth-order valence-electron chi connectivity index (χ4n) is 1.18.